The summed E-state index contributed by atoms with van der Waals surface area (Å²) in [6, 6.07) is 9.16. The van der Waals surface area contributed by atoms with Gasteiger partial charge in [-0.25, -0.2) is 0 Å². The highest BCUT2D eigenvalue weighted by Crippen LogP contribution is 2.55. The van der Waals surface area contributed by atoms with Gasteiger partial charge in [-0.2, -0.15) is 0 Å². The minimum atomic E-state index is 0.304. The molecule has 0 aromatic heterocycles. The molecule has 1 N–H and O–H groups in total. The number of dihydropyridines is 1. The maximum Gasteiger partial charge on any atom is 0.0706 e. The molecule has 0 radical (unpaired) electrons. The zero-order chi connectivity index (χ0) is 14.4. The first-order chi connectivity index (χ1) is 10.2. The van der Waals surface area contributed by atoms with Crippen LogP contribution in [0, 0.1) is 5.92 Å². The highest BCUT2D eigenvalue weighted by atomic mass is 32.2. The molecule has 106 valence electrons. The summed E-state index contributed by atoms with van der Waals surface area (Å²) in [4.78, 5) is 2.96. The molecule has 21 heavy (non-hydrogen) atoms. The van der Waals surface area contributed by atoms with Crippen molar-refractivity contribution >= 4 is 11.8 Å². The van der Waals surface area contributed by atoms with E-state index in [1.807, 2.05) is 11.8 Å². The number of nitrogens with one attached hydrogen (secondary N) is 1. The fraction of sp³-hybridized carbons (Fsp3) is 0.263. The standard InChI is InChI=1S/C19H19NS/c1-12-9-10-20-16(11-12)14-8-7-13(2)18-15-5-3-4-6-17(15)21-19(14)18/h3-11,13,16,18,20H,1-2H3. The van der Waals surface area contributed by atoms with Crippen molar-refractivity contribution in [3.05, 3.63) is 76.4 Å². The third-order valence-corrected chi connectivity index (χ3v) is 5.83. The molecule has 0 amide bonds. The van der Waals surface area contributed by atoms with Gasteiger partial charge in [0, 0.05) is 15.7 Å². The van der Waals surface area contributed by atoms with Gasteiger partial charge in [0.2, 0.25) is 0 Å². The van der Waals surface area contributed by atoms with Gasteiger partial charge < -0.3 is 5.32 Å². The first-order valence-corrected chi connectivity index (χ1v) is 8.36. The van der Waals surface area contributed by atoms with Crippen LogP contribution in [0.15, 0.2) is 75.7 Å². The molecule has 0 bridgehead atoms. The Kier molecular flexibility index (Phi) is 3.07. The van der Waals surface area contributed by atoms with Crippen molar-refractivity contribution in [1.29, 1.82) is 0 Å². The Bertz CT molecular complexity index is 708. The molecular weight excluding hydrogens is 274 g/mol. The van der Waals surface area contributed by atoms with E-state index >= 15 is 0 Å². The van der Waals surface area contributed by atoms with Crippen LogP contribution in [0.5, 0.6) is 0 Å². The summed E-state index contributed by atoms with van der Waals surface area (Å²) >= 11 is 1.96. The third-order valence-electron chi connectivity index (χ3n) is 4.53. The number of allylic oxidation sites excluding steroid dienone is 4. The van der Waals surface area contributed by atoms with Crippen molar-refractivity contribution < 1.29 is 0 Å². The van der Waals surface area contributed by atoms with Crippen LogP contribution in [-0.2, 0) is 0 Å². The van der Waals surface area contributed by atoms with E-state index in [1.54, 1.807) is 0 Å². The molecule has 2 heterocycles. The van der Waals surface area contributed by atoms with Crippen molar-refractivity contribution in [2.24, 2.45) is 5.92 Å². The molecule has 3 atom stereocenters. The topological polar surface area (TPSA) is 12.0 Å². The van der Waals surface area contributed by atoms with Gasteiger partial charge in [-0.3, -0.25) is 0 Å². The van der Waals surface area contributed by atoms with E-state index < -0.39 is 0 Å². The summed E-state index contributed by atoms with van der Waals surface area (Å²) in [5, 5.41) is 3.49. The van der Waals surface area contributed by atoms with Gasteiger partial charge in [0.25, 0.3) is 0 Å². The molecular formula is C19H19NS. The maximum atomic E-state index is 3.49. The predicted octanol–water partition coefficient (Wildman–Crippen LogP) is 4.77. The van der Waals surface area contributed by atoms with Crippen LogP contribution in [0.1, 0.15) is 25.3 Å². The number of hydrogen-bond donors (Lipinski definition) is 1. The molecule has 0 saturated carbocycles. The molecule has 4 rings (SSSR count). The third kappa shape index (κ3) is 2.09. The lowest BCUT2D eigenvalue weighted by molar-refractivity contribution is 0.613. The van der Waals surface area contributed by atoms with Gasteiger partial charge in [-0.05, 0) is 42.3 Å². The normalized spacial score (nSPS) is 29.8. The zero-order valence-corrected chi connectivity index (χ0v) is 13.2. The average Bonchev–Trinajstić information content (AvgIpc) is 2.87. The summed E-state index contributed by atoms with van der Waals surface area (Å²) in [5.41, 5.74) is 4.26. The van der Waals surface area contributed by atoms with Crippen LogP contribution in [0.25, 0.3) is 0 Å². The van der Waals surface area contributed by atoms with Crippen LogP contribution in [0.2, 0.25) is 0 Å². The van der Waals surface area contributed by atoms with Crippen LogP contribution in [0.4, 0.5) is 0 Å². The fourth-order valence-electron chi connectivity index (χ4n) is 3.45. The van der Waals surface area contributed by atoms with E-state index in [-0.39, 0.29) is 0 Å². The Labute approximate surface area is 130 Å². The molecule has 0 spiro atoms. The summed E-state index contributed by atoms with van der Waals surface area (Å²) < 4.78 is 0. The molecule has 0 fully saturated rings. The first-order valence-electron chi connectivity index (χ1n) is 7.54. The molecule has 2 heteroatoms. The first kappa shape index (κ1) is 13.0. The largest absolute Gasteiger partial charge is 0.381 e. The van der Waals surface area contributed by atoms with Gasteiger partial charge in [0.05, 0.1) is 6.04 Å². The van der Waals surface area contributed by atoms with Crippen LogP contribution >= 0.6 is 11.8 Å². The molecule has 3 unspecified atom stereocenters. The molecule has 1 aromatic carbocycles. The number of benzene rings is 1. The summed E-state index contributed by atoms with van der Waals surface area (Å²) in [7, 11) is 0. The Hall–Kier alpha value is -1.67. The lowest BCUT2D eigenvalue weighted by Crippen LogP contribution is -2.28. The highest BCUT2D eigenvalue weighted by molar-refractivity contribution is 8.03. The molecule has 1 aliphatic carbocycles. The van der Waals surface area contributed by atoms with E-state index in [2.05, 4.69) is 73.9 Å². The Morgan fingerprint density at radius 2 is 2.00 bits per heavy atom. The van der Waals surface area contributed by atoms with Crippen molar-refractivity contribution in [1.82, 2.24) is 5.32 Å². The summed E-state index contributed by atoms with van der Waals surface area (Å²) in [6.45, 7) is 4.49. The number of rotatable bonds is 1. The zero-order valence-electron chi connectivity index (χ0n) is 12.3. The summed E-state index contributed by atoms with van der Waals surface area (Å²) in [5.74, 6) is 1.11. The van der Waals surface area contributed by atoms with Crippen LogP contribution < -0.4 is 5.32 Å². The second-order valence-corrected chi connectivity index (χ2v) is 7.13. The number of fused-ring (bicyclic) bond motifs is 3. The van der Waals surface area contributed by atoms with Gasteiger partial charge in [-0.1, -0.05) is 60.7 Å². The Morgan fingerprint density at radius 3 is 2.86 bits per heavy atom. The lowest BCUT2D eigenvalue weighted by Gasteiger charge is -2.29. The van der Waals surface area contributed by atoms with Crippen molar-refractivity contribution in [2.45, 2.75) is 30.7 Å². The molecule has 1 nitrogen and oxygen atoms in total. The minimum Gasteiger partial charge on any atom is -0.381 e. The van der Waals surface area contributed by atoms with Gasteiger partial charge >= 0.3 is 0 Å². The van der Waals surface area contributed by atoms with E-state index in [9.17, 15) is 0 Å². The van der Waals surface area contributed by atoms with Gasteiger partial charge in [0.15, 0.2) is 0 Å². The SMILES string of the molecule is CC1=CC(C2=C3Sc4ccccc4C3C(C)C=C2)NC=C1. The maximum absolute atomic E-state index is 3.49. The van der Waals surface area contributed by atoms with Crippen molar-refractivity contribution in [3.8, 4) is 0 Å². The predicted molar refractivity (Wildman–Crippen MR) is 90.2 cm³/mol. The Morgan fingerprint density at radius 1 is 1.14 bits per heavy atom. The number of thioether (sulfide) groups is 1. The van der Waals surface area contributed by atoms with Crippen molar-refractivity contribution in [3.63, 3.8) is 0 Å². The smallest absolute Gasteiger partial charge is 0.0706 e. The minimum absolute atomic E-state index is 0.304. The van der Waals surface area contributed by atoms with E-state index in [0.717, 1.165) is 0 Å². The molecule has 2 aliphatic heterocycles. The van der Waals surface area contributed by atoms with Crippen LogP contribution in [0.3, 0.4) is 0 Å². The van der Waals surface area contributed by atoms with Crippen molar-refractivity contribution in [2.75, 3.05) is 0 Å². The van der Waals surface area contributed by atoms with Crippen LogP contribution in [-0.4, -0.2) is 6.04 Å². The Balaban J connectivity index is 1.80. The van der Waals surface area contributed by atoms with E-state index in [4.69, 9.17) is 0 Å². The van der Waals surface area contributed by atoms with E-state index in [1.165, 1.54) is 26.5 Å². The van der Waals surface area contributed by atoms with E-state index in [0.29, 0.717) is 17.9 Å². The second kappa shape index (κ2) is 4.96. The second-order valence-electron chi connectivity index (χ2n) is 6.04. The average molecular weight is 293 g/mol. The lowest BCUT2D eigenvalue weighted by atomic mass is 9.80. The molecule has 3 aliphatic rings. The number of hydrogen-bond acceptors (Lipinski definition) is 2. The monoisotopic (exact) mass is 293 g/mol. The fourth-order valence-corrected chi connectivity index (χ4v) is 4.93. The molecule has 1 aromatic rings. The summed E-state index contributed by atoms with van der Waals surface area (Å²) in [6.07, 6.45) is 11.2. The highest BCUT2D eigenvalue weighted by Gasteiger charge is 2.36. The molecule has 0 saturated heterocycles. The van der Waals surface area contributed by atoms with Gasteiger partial charge in [-0.15, -0.1) is 0 Å². The van der Waals surface area contributed by atoms with Gasteiger partial charge in [0.1, 0.15) is 0 Å². The quantitative estimate of drug-likeness (QED) is 0.800.